The van der Waals surface area contributed by atoms with Gasteiger partial charge in [0.05, 0.1) is 10.6 Å². The summed E-state index contributed by atoms with van der Waals surface area (Å²) in [4.78, 5) is 10.9. The summed E-state index contributed by atoms with van der Waals surface area (Å²) >= 11 is 2.22. The van der Waals surface area contributed by atoms with E-state index in [1.807, 2.05) is 54.6 Å². The van der Waals surface area contributed by atoms with Crippen LogP contribution >= 0.6 is 22.6 Å². The second-order valence-electron chi connectivity index (χ2n) is 5.75. The maximum absolute atomic E-state index is 11.3. The molecule has 1 heterocycles. The van der Waals surface area contributed by atoms with Gasteiger partial charge in [-0.15, -0.1) is 5.10 Å². The first-order valence-corrected chi connectivity index (χ1v) is 9.10. The quantitative estimate of drug-likeness (QED) is 0.250. The summed E-state index contributed by atoms with van der Waals surface area (Å²) in [5.74, 6) is 0.566. The summed E-state index contributed by atoms with van der Waals surface area (Å²) in [6.07, 6.45) is 0. The van der Waals surface area contributed by atoms with Crippen LogP contribution in [0.5, 0.6) is 0 Å². The van der Waals surface area contributed by atoms with Crippen molar-refractivity contribution in [3.05, 3.63) is 86.5 Å². The molecule has 0 saturated carbocycles. The average Bonchev–Trinajstić information content (AvgIpc) is 3.18. The molecule has 0 atom stereocenters. The lowest BCUT2D eigenvalue weighted by molar-refractivity contribution is -0.384. The van der Waals surface area contributed by atoms with E-state index in [9.17, 15) is 10.1 Å². The van der Waals surface area contributed by atoms with E-state index in [1.54, 1.807) is 16.8 Å². The van der Waals surface area contributed by atoms with Crippen molar-refractivity contribution >= 4 is 28.3 Å². The van der Waals surface area contributed by atoms with Crippen LogP contribution in [-0.2, 0) is 0 Å². The third-order valence-electron chi connectivity index (χ3n) is 4.08. The van der Waals surface area contributed by atoms with E-state index in [-0.39, 0.29) is 5.69 Å². The molecule has 132 valence electrons. The van der Waals surface area contributed by atoms with Gasteiger partial charge in [-0.25, -0.2) is 0 Å². The largest absolute Gasteiger partial charge is 0.270 e. The van der Waals surface area contributed by atoms with Crippen LogP contribution in [0.4, 0.5) is 5.69 Å². The van der Waals surface area contributed by atoms with Crippen LogP contribution in [0, 0.1) is 13.7 Å². The first-order valence-electron chi connectivity index (χ1n) is 8.02. The minimum Gasteiger partial charge on any atom is -0.258 e. The monoisotopic (exact) mass is 469 g/mol. The normalized spacial score (nSPS) is 10.7. The van der Waals surface area contributed by atoms with Crippen LogP contribution in [0.3, 0.4) is 0 Å². The first kappa shape index (κ1) is 17.3. The highest BCUT2D eigenvalue weighted by molar-refractivity contribution is 14.1. The van der Waals surface area contributed by atoms with Gasteiger partial charge in [0.1, 0.15) is 0 Å². The molecule has 0 unspecified atom stereocenters. The van der Waals surface area contributed by atoms with Gasteiger partial charge in [0.25, 0.3) is 5.69 Å². The van der Waals surface area contributed by atoms with E-state index in [4.69, 9.17) is 0 Å². The van der Waals surface area contributed by atoms with Gasteiger partial charge < -0.3 is 0 Å². The molecule has 0 aliphatic rings. The second kappa shape index (κ2) is 7.23. The summed E-state index contributed by atoms with van der Waals surface area (Å²) in [6, 6.07) is 22.0. The van der Waals surface area contributed by atoms with Gasteiger partial charge in [0.15, 0.2) is 5.82 Å². The third kappa shape index (κ3) is 3.43. The van der Waals surface area contributed by atoms with E-state index in [2.05, 4.69) is 38.1 Å². The zero-order valence-corrected chi connectivity index (χ0v) is 16.0. The number of non-ortho nitro benzene ring substituents is 1. The van der Waals surface area contributed by atoms with Crippen molar-refractivity contribution in [1.29, 1.82) is 0 Å². The van der Waals surface area contributed by atoms with Gasteiger partial charge in [-0.05, 0) is 56.8 Å². The van der Waals surface area contributed by atoms with Crippen LogP contribution < -0.4 is 0 Å². The zero-order valence-electron chi connectivity index (χ0n) is 13.9. The van der Waals surface area contributed by atoms with Crippen molar-refractivity contribution in [2.24, 2.45) is 0 Å². The lowest BCUT2D eigenvalue weighted by Gasteiger charge is -2.11. The maximum Gasteiger partial charge on any atom is 0.270 e. The smallest absolute Gasteiger partial charge is 0.258 e. The predicted octanol–water partition coefficient (Wildman–Crippen LogP) is 4.51. The van der Waals surface area contributed by atoms with Crippen molar-refractivity contribution in [2.45, 2.75) is 0 Å². The number of hydrogen-bond donors (Lipinski definition) is 0. The Balaban J connectivity index is 1.93. The fourth-order valence-electron chi connectivity index (χ4n) is 2.80. The van der Waals surface area contributed by atoms with Gasteiger partial charge in [-0.2, -0.15) is 4.68 Å². The highest BCUT2D eigenvalue weighted by atomic mass is 127. The van der Waals surface area contributed by atoms with Gasteiger partial charge in [0.2, 0.25) is 0 Å². The van der Waals surface area contributed by atoms with E-state index in [0.29, 0.717) is 17.1 Å². The minimum absolute atomic E-state index is 0.0154. The molecule has 1 aromatic heterocycles. The van der Waals surface area contributed by atoms with Crippen molar-refractivity contribution < 1.29 is 4.92 Å². The number of nitro benzene ring substituents is 1. The number of halogens is 1. The number of nitrogens with zero attached hydrogens (tertiary/aromatic N) is 5. The molecule has 3 aromatic carbocycles. The SMILES string of the molecule is O=[N+]([O-])c1ccc(-n2nnnc2-c2ccccc2)c(-c2ccc(I)cc2)c1. The Morgan fingerprint density at radius 1 is 0.926 bits per heavy atom. The summed E-state index contributed by atoms with van der Waals surface area (Å²) in [5.41, 5.74) is 3.08. The summed E-state index contributed by atoms with van der Waals surface area (Å²) in [5, 5.41) is 23.4. The molecule has 0 N–H and O–H groups in total. The molecule has 27 heavy (non-hydrogen) atoms. The van der Waals surface area contributed by atoms with Gasteiger partial charge >= 0.3 is 0 Å². The molecule has 0 saturated heterocycles. The van der Waals surface area contributed by atoms with Crippen LogP contribution in [0.15, 0.2) is 72.8 Å². The Morgan fingerprint density at radius 2 is 1.67 bits per heavy atom. The van der Waals surface area contributed by atoms with E-state index in [0.717, 1.165) is 14.7 Å². The number of hydrogen-bond acceptors (Lipinski definition) is 5. The Hall–Kier alpha value is -3.14. The van der Waals surface area contributed by atoms with E-state index in [1.165, 1.54) is 6.07 Å². The summed E-state index contributed by atoms with van der Waals surface area (Å²) < 4.78 is 2.68. The Morgan fingerprint density at radius 3 is 2.37 bits per heavy atom. The molecule has 4 aromatic rings. The minimum atomic E-state index is -0.405. The molecule has 0 aliphatic heterocycles. The lowest BCUT2D eigenvalue weighted by atomic mass is 10.0. The number of tetrazole rings is 1. The summed E-state index contributed by atoms with van der Waals surface area (Å²) in [7, 11) is 0. The molecule has 0 fully saturated rings. The van der Waals surface area contributed by atoms with Crippen molar-refractivity contribution in [2.75, 3.05) is 0 Å². The maximum atomic E-state index is 11.3. The molecule has 0 aliphatic carbocycles. The van der Waals surface area contributed by atoms with Gasteiger partial charge in [0, 0.05) is 26.8 Å². The zero-order chi connectivity index (χ0) is 18.8. The van der Waals surface area contributed by atoms with Crippen LogP contribution in [0.1, 0.15) is 0 Å². The Kier molecular flexibility index (Phi) is 4.63. The molecular formula is C19H12IN5O2. The van der Waals surface area contributed by atoms with Crippen molar-refractivity contribution in [3.63, 3.8) is 0 Å². The number of aromatic nitrogens is 4. The van der Waals surface area contributed by atoms with Gasteiger partial charge in [-0.1, -0.05) is 42.5 Å². The highest BCUT2D eigenvalue weighted by Crippen LogP contribution is 2.32. The van der Waals surface area contributed by atoms with Crippen LogP contribution in [0.25, 0.3) is 28.2 Å². The predicted molar refractivity (Wildman–Crippen MR) is 109 cm³/mol. The Bertz CT molecular complexity index is 1110. The molecule has 4 rings (SSSR count). The summed E-state index contributed by atoms with van der Waals surface area (Å²) in [6.45, 7) is 0. The van der Waals surface area contributed by atoms with Crippen LogP contribution in [-0.4, -0.2) is 25.1 Å². The average molecular weight is 469 g/mol. The lowest BCUT2D eigenvalue weighted by Crippen LogP contribution is -2.03. The van der Waals surface area contributed by atoms with E-state index < -0.39 is 4.92 Å². The Labute approximate surface area is 168 Å². The van der Waals surface area contributed by atoms with E-state index >= 15 is 0 Å². The molecule has 0 bridgehead atoms. The van der Waals surface area contributed by atoms with Crippen LogP contribution in [0.2, 0.25) is 0 Å². The van der Waals surface area contributed by atoms with Crippen molar-refractivity contribution in [3.8, 4) is 28.2 Å². The first-order chi connectivity index (χ1) is 13.1. The number of benzene rings is 3. The van der Waals surface area contributed by atoms with Crippen molar-refractivity contribution in [1.82, 2.24) is 20.2 Å². The standard InChI is InChI=1S/C19H12IN5O2/c20-15-8-6-13(7-9-15)17-12-16(25(26)27)10-11-18(17)24-19(21-22-23-24)14-4-2-1-3-5-14/h1-12H. The fraction of sp³-hybridized carbons (Fsp3) is 0. The molecular weight excluding hydrogens is 457 g/mol. The molecule has 0 radical (unpaired) electrons. The van der Waals surface area contributed by atoms with Gasteiger partial charge in [-0.3, -0.25) is 10.1 Å². The molecule has 7 nitrogen and oxygen atoms in total. The molecule has 0 spiro atoms. The number of rotatable bonds is 4. The third-order valence-corrected chi connectivity index (χ3v) is 4.80. The fourth-order valence-corrected chi connectivity index (χ4v) is 3.16. The molecule has 0 amide bonds. The topological polar surface area (TPSA) is 86.7 Å². The second-order valence-corrected chi connectivity index (χ2v) is 6.99. The highest BCUT2D eigenvalue weighted by Gasteiger charge is 2.18. The molecule has 8 heteroatoms. The number of nitro groups is 1.